The van der Waals surface area contributed by atoms with Crippen LogP contribution in [-0.4, -0.2) is 48.1 Å². The van der Waals surface area contributed by atoms with Crippen LogP contribution in [0.4, 0.5) is 0 Å². The highest BCUT2D eigenvalue weighted by molar-refractivity contribution is 7.16. The number of hydrogen-bond donors (Lipinski definition) is 0. The van der Waals surface area contributed by atoms with Gasteiger partial charge in [0.2, 0.25) is 0 Å². The van der Waals surface area contributed by atoms with E-state index < -0.39 is 0 Å². The van der Waals surface area contributed by atoms with Crippen LogP contribution in [0.25, 0.3) is 21.0 Å². The average Bonchev–Trinajstić information content (AvgIpc) is 3.32. The third kappa shape index (κ3) is 3.29. The molecule has 3 heterocycles. The summed E-state index contributed by atoms with van der Waals surface area (Å²) in [4.78, 5) is 17.3. The molecule has 5 rings (SSSR count). The van der Waals surface area contributed by atoms with E-state index in [0.29, 0.717) is 0 Å². The summed E-state index contributed by atoms with van der Waals surface area (Å²) in [6, 6.07) is 16.2. The van der Waals surface area contributed by atoms with E-state index in [0.717, 1.165) is 72.4 Å². The first-order chi connectivity index (χ1) is 14.2. The lowest BCUT2D eigenvalue weighted by molar-refractivity contribution is 0.0365. The number of fused-ring (bicyclic) bond motifs is 2. The molecule has 4 nitrogen and oxygen atoms in total. The van der Waals surface area contributed by atoms with Crippen LogP contribution in [0.1, 0.15) is 21.6 Å². The van der Waals surface area contributed by atoms with Crippen LogP contribution in [0.3, 0.4) is 0 Å². The van der Waals surface area contributed by atoms with Gasteiger partial charge in [0.25, 0.3) is 0 Å². The van der Waals surface area contributed by atoms with Crippen molar-refractivity contribution in [2.24, 2.45) is 0 Å². The lowest BCUT2D eigenvalue weighted by Gasteiger charge is -2.26. The number of aromatic nitrogens is 1. The minimum atomic E-state index is 0.118. The quantitative estimate of drug-likeness (QED) is 0.451. The van der Waals surface area contributed by atoms with Crippen molar-refractivity contribution in [3.8, 4) is 0 Å². The predicted octanol–water partition coefficient (Wildman–Crippen LogP) is 4.73. The molecule has 148 valence electrons. The Kier molecular flexibility index (Phi) is 4.96. The number of thiophene rings is 1. The van der Waals surface area contributed by atoms with Crippen molar-refractivity contribution in [1.82, 2.24) is 9.47 Å². The Bertz CT molecular complexity index is 1180. The van der Waals surface area contributed by atoms with Crippen molar-refractivity contribution in [2.45, 2.75) is 13.5 Å². The standard InChI is InChI=1S/C24H24N2O2S/c1-17-22(23(27)20-8-4-6-18-5-2-3-7-19(18)20)21-9-16-29-24(21)26(17)11-10-25-12-14-28-15-13-25/h2-9,16H,10-15H2,1H3. The van der Waals surface area contributed by atoms with Crippen molar-refractivity contribution in [1.29, 1.82) is 0 Å². The Morgan fingerprint density at radius 1 is 1.00 bits per heavy atom. The second kappa shape index (κ2) is 7.75. The van der Waals surface area contributed by atoms with E-state index in [-0.39, 0.29) is 5.78 Å². The van der Waals surface area contributed by atoms with E-state index in [9.17, 15) is 4.79 Å². The van der Waals surface area contributed by atoms with Gasteiger partial charge in [-0.15, -0.1) is 11.3 Å². The molecule has 0 radical (unpaired) electrons. The second-order valence-corrected chi connectivity index (χ2v) is 8.46. The number of hydrogen-bond acceptors (Lipinski definition) is 4. The summed E-state index contributed by atoms with van der Waals surface area (Å²) < 4.78 is 7.79. The van der Waals surface area contributed by atoms with E-state index >= 15 is 0 Å². The normalized spacial score (nSPS) is 15.3. The van der Waals surface area contributed by atoms with E-state index in [1.54, 1.807) is 11.3 Å². The lowest BCUT2D eigenvalue weighted by atomic mass is 9.96. The Morgan fingerprint density at radius 2 is 1.79 bits per heavy atom. The van der Waals surface area contributed by atoms with E-state index in [4.69, 9.17) is 4.74 Å². The SMILES string of the molecule is Cc1c(C(=O)c2cccc3ccccc23)c2ccsc2n1CCN1CCOCC1. The fourth-order valence-corrected chi connectivity index (χ4v) is 5.35. The minimum absolute atomic E-state index is 0.118. The molecule has 0 saturated carbocycles. The van der Waals surface area contributed by atoms with Gasteiger partial charge in [-0.3, -0.25) is 9.69 Å². The number of benzene rings is 2. The summed E-state index contributed by atoms with van der Waals surface area (Å²) in [5.41, 5.74) is 2.70. The van der Waals surface area contributed by atoms with Gasteiger partial charge in [-0.2, -0.15) is 0 Å². The Balaban J connectivity index is 1.54. The van der Waals surface area contributed by atoms with Crippen LogP contribution in [0.2, 0.25) is 0 Å². The maximum atomic E-state index is 13.7. The molecule has 1 aliphatic heterocycles. The maximum Gasteiger partial charge on any atom is 0.196 e. The van der Waals surface area contributed by atoms with Gasteiger partial charge < -0.3 is 9.30 Å². The molecule has 1 saturated heterocycles. The van der Waals surface area contributed by atoms with Gasteiger partial charge in [0.05, 0.1) is 18.8 Å². The highest BCUT2D eigenvalue weighted by Crippen LogP contribution is 2.33. The fourth-order valence-electron chi connectivity index (χ4n) is 4.36. The monoisotopic (exact) mass is 404 g/mol. The summed E-state index contributed by atoms with van der Waals surface area (Å²) in [7, 11) is 0. The van der Waals surface area contributed by atoms with Crippen molar-refractivity contribution < 1.29 is 9.53 Å². The van der Waals surface area contributed by atoms with Crippen LogP contribution in [0.5, 0.6) is 0 Å². The Hall–Kier alpha value is -2.47. The summed E-state index contributed by atoms with van der Waals surface area (Å²) in [5.74, 6) is 0.118. The molecule has 0 unspecified atom stereocenters. The molecule has 29 heavy (non-hydrogen) atoms. The first-order valence-electron chi connectivity index (χ1n) is 10.1. The summed E-state index contributed by atoms with van der Waals surface area (Å²) in [6.07, 6.45) is 0. The molecule has 0 N–H and O–H groups in total. The zero-order valence-electron chi connectivity index (χ0n) is 16.6. The van der Waals surface area contributed by atoms with E-state index in [1.807, 2.05) is 30.3 Å². The van der Waals surface area contributed by atoms with Gasteiger partial charge in [0.1, 0.15) is 4.83 Å². The Morgan fingerprint density at radius 3 is 2.66 bits per heavy atom. The van der Waals surface area contributed by atoms with Crippen LogP contribution in [0.15, 0.2) is 53.9 Å². The average molecular weight is 405 g/mol. The van der Waals surface area contributed by atoms with E-state index in [1.165, 1.54) is 4.83 Å². The van der Waals surface area contributed by atoms with Crippen LogP contribution >= 0.6 is 11.3 Å². The number of nitrogens with zero attached hydrogens (tertiary/aromatic N) is 2. The number of carbonyl (C=O) groups is 1. The van der Waals surface area contributed by atoms with Crippen molar-refractivity contribution in [3.05, 3.63) is 70.7 Å². The number of morpholine rings is 1. The molecule has 2 aromatic heterocycles. The lowest BCUT2D eigenvalue weighted by Crippen LogP contribution is -2.38. The van der Waals surface area contributed by atoms with Crippen molar-refractivity contribution >= 4 is 38.1 Å². The Labute approximate surface area is 174 Å². The van der Waals surface area contributed by atoms with Crippen LogP contribution in [0, 0.1) is 6.92 Å². The molecule has 0 atom stereocenters. The summed E-state index contributed by atoms with van der Waals surface area (Å²) in [5, 5.41) is 5.29. The number of ketones is 1. The molecule has 4 aromatic rings. The molecular weight excluding hydrogens is 380 g/mol. The van der Waals surface area contributed by atoms with Crippen molar-refractivity contribution in [2.75, 3.05) is 32.8 Å². The van der Waals surface area contributed by atoms with Crippen molar-refractivity contribution in [3.63, 3.8) is 0 Å². The third-order valence-electron chi connectivity index (χ3n) is 5.93. The first-order valence-corrected chi connectivity index (χ1v) is 11.0. The molecule has 5 heteroatoms. The van der Waals surface area contributed by atoms with Gasteiger partial charge >= 0.3 is 0 Å². The van der Waals surface area contributed by atoms with Gasteiger partial charge in [-0.05, 0) is 29.1 Å². The van der Waals surface area contributed by atoms with Gasteiger partial charge in [-0.25, -0.2) is 0 Å². The fraction of sp³-hybridized carbons (Fsp3) is 0.292. The van der Waals surface area contributed by atoms with E-state index in [2.05, 4.69) is 40.0 Å². The minimum Gasteiger partial charge on any atom is -0.379 e. The topological polar surface area (TPSA) is 34.5 Å². The summed E-state index contributed by atoms with van der Waals surface area (Å²) >= 11 is 1.72. The highest BCUT2D eigenvalue weighted by atomic mass is 32.1. The molecule has 0 spiro atoms. The second-order valence-electron chi connectivity index (χ2n) is 7.56. The zero-order valence-corrected chi connectivity index (χ0v) is 17.4. The number of carbonyl (C=O) groups excluding carboxylic acids is 1. The van der Waals surface area contributed by atoms with Gasteiger partial charge in [0, 0.05) is 42.8 Å². The third-order valence-corrected chi connectivity index (χ3v) is 6.87. The first kappa shape index (κ1) is 18.6. The highest BCUT2D eigenvalue weighted by Gasteiger charge is 2.23. The molecular formula is C24H24N2O2S. The van der Waals surface area contributed by atoms with Crippen LogP contribution < -0.4 is 0 Å². The molecule has 0 amide bonds. The zero-order chi connectivity index (χ0) is 19.8. The molecule has 1 fully saturated rings. The summed E-state index contributed by atoms with van der Waals surface area (Å²) in [6.45, 7) is 7.54. The predicted molar refractivity (Wildman–Crippen MR) is 119 cm³/mol. The van der Waals surface area contributed by atoms with Gasteiger partial charge in [-0.1, -0.05) is 42.5 Å². The largest absolute Gasteiger partial charge is 0.379 e. The molecule has 2 aromatic carbocycles. The number of ether oxygens (including phenoxy) is 1. The van der Waals surface area contributed by atoms with Crippen LogP contribution in [-0.2, 0) is 11.3 Å². The molecule has 0 bridgehead atoms. The molecule has 0 aliphatic carbocycles. The van der Waals surface area contributed by atoms with Gasteiger partial charge in [0.15, 0.2) is 5.78 Å². The molecule has 1 aliphatic rings. The smallest absolute Gasteiger partial charge is 0.196 e. The maximum absolute atomic E-state index is 13.7. The number of rotatable bonds is 5.